The first kappa shape index (κ1) is 8.99. The van der Waals surface area contributed by atoms with E-state index in [9.17, 15) is 0 Å². The van der Waals surface area contributed by atoms with Crippen LogP contribution in [-0.2, 0) is 9.47 Å². The highest BCUT2D eigenvalue weighted by Gasteiger charge is 2.19. The van der Waals surface area contributed by atoms with Gasteiger partial charge in [0.1, 0.15) is 0 Å². The fraction of sp³-hybridized carbons (Fsp3) is 0.444. The van der Waals surface area contributed by atoms with Gasteiger partial charge in [0.05, 0.1) is 23.9 Å². The van der Waals surface area contributed by atoms with Crippen LogP contribution in [0.1, 0.15) is 12.0 Å². The van der Waals surface area contributed by atoms with Gasteiger partial charge in [-0.05, 0) is 18.4 Å². The molecule has 1 saturated heterocycles. The summed E-state index contributed by atoms with van der Waals surface area (Å²) in [5.74, 6) is 0. The first-order valence-electron chi connectivity index (χ1n) is 4.14. The smallest absolute Gasteiger partial charge is 0.201 e. The topological polar surface area (TPSA) is 31.4 Å². The first-order valence-corrected chi connectivity index (χ1v) is 5.37. The van der Waals surface area contributed by atoms with E-state index in [-0.39, 0.29) is 6.29 Å². The Morgan fingerprint density at radius 3 is 2.85 bits per heavy atom. The van der Waals surface area contributed by atoms with Crippen molar-refractivity contribution in [1.82, 2.24) is 4.98 Å². The number of ether oxygens (including phenoxy) is 2. The van der Waals surface area contributed by atoms with Crippen molar-refractivity contribution in [2.24, 2.45) is 0 Å². The van der Waals surface area contributed by atoms with Crippen molar-refractivity contribution in [3.63, 3.8) is 0 Å². The second-order valence-electron chi connectivity index (χ2n) is 2.68. The minimum absolute atomic E-state index is 0.257. The molecular formula is C9H11NO2S. The lowest BCUT2D eigenvalue weighted by Crippen LogP contribution is -2.01. The molecule has 2 rings (SSSR count). The quantitative estimate of drug-likeness (QED) is 0.677. The van der Waals surface area contributed by atoms with Gasteiger partial charge >= 0.3 is 0 Å². The Labute approximate surface area is 81.5 Å². The van der Waals surface area contributed by atoms with Gasteiger partial charge in [-0.1, -0.05) is 6.07 Å². The SMILES string of the molecule is CSc1cccc(C2OCCO2)n1. The summed E-state index contributed by atoms with van der Waals surface area (Å²) in [4.78, 5) is 4.39. The molecule has 0 aromatic carbocycles. The van der Waals surface area contributed by atoms with E-state index in [1.165, 1.54) is 0 Å². The molecule has 0 saturated carbocycles. The Morgan fingerprint density at radius 1 is 1.38 bits per heavy atom. The minimum atomic E-state index is -0.257. The van der Waals surface area contributed by atoms with Gasteiger partial charge in [0.25, 0.3) is 0 Å². The number of nitrogens with zero attached hydrogens (tertiary/aromatic N) is 1. The molecule has 70 valence electrons. The summed E-state index contributed by atoms with van der Waals surface area (Å²) in [6.07, 6.45) is 1.75. The van der Waals surface area contributed by atoms with Crippen LogP contribution in [0.15, 0.2) is 23.2 Å². The maximum absolute atomic E-state index is 5.34. The third kappa shape index (κ3) is 2.02. The lowest BCUT2D eigenvalue weighted by Gasteiger charge is -2.08. The van der Waals surface area contributed by atoms with E-state index in [1.54, 1.807) is 11.8 Å². The largest absolute Gasteiger partial charge is 0.345 e. The number of thioether (sulfide) groups is 1. The fourth-order valence-corrected chi connectivity index (χ4v) is 1.62. The molecule has 0 radical (unpaired) electrons. The molecule has 0 unspecified atom stereocenters. The van der Waals surface area contributed by atoms with Crippen LogP contribution in [0.25, 0.3) is 0 Å². The minimum Gasteiger partial charge on any atom is -0.345 e. The van der Waals surface area contributed by atoms with Crippen molar-refractivity contribution in [2.45, 2.75) is 11.3 Å². The van der Waals surface area contributed by atoms with Gasteiger partial charge in [-0.2, -0.15) is 0 Å². The van der Waals surface area contributed by atoms with Crippen molar-refractivity contribution in [3.8, 4) is 0 Å². The van der Waals surface area contributed by atoms with Crippen LogP contribution >= 0.6 is 11.8 Å². The molecule has 1 aromatic heterocycles. The van der Waals surface area contributed by atoms with Crippen molar-refractivity contribution in [1.29, 1.82) is 0 Å². The molecule has 3 nitrogen and oxygen atoms in total. The summed E-state index contributed by atoms with van der Waals surface area (Å²) >= 11 is 1.62. The van der Waals surface area contributed by atoms with Gasteiger partial charge in [0, 0.05) is 0 Å². The van der Waals surface area contributed by atoms with Gasteiger partial charge in [-0.3, -0.25) is 0 Å². The van der Waals surface area contributed by atoms with Crippen molar-refractivity contribution in [2.75, 3.05) is 19.5 Å². The monoisotopic (exact) mass is 197 g/mol. The van der Waals surface area contributed by atoms with Crippen LogP contribution in [0, 0.1) is 0 Å². The van der Waals surface area contributed by atoms with E-state index >= 15 is 0 Å². The zero-order chi connectivity index (χ0) is 9.10. The molecule has 0 bridgehead atoms. The first-order chi connectivity index (χ1) is 6.40. The van der Waals surface area contributed by atoms with E-state index in [0.717, 1.165) is 10.7 Å². The normalized spacial score (nSPS) is 17.9. The standard InChI is InChI=1S/C9H11NO2S/c1-13-8-4-2-3-7(10-8)9-11-5-6-12-9/h2-4,9H,5-6H2,1H3. The van der Waals surface area contributed by atoms with E-state index in [2.05, 4.69) is 4.98 Å². The van der Waals surface area contributed by atoms with Crippen LogP contribution in [0.5, 0.6) is 0 Å². The maximum Gasteiger partial charge on any atom is 0.201 e. The second kappa shape index (κ2) is 4.09. The summed E-state index contributed by atoms with van der Waals surface area (Å²) in [5.41, 5.74) is 0.865. The summed E-state index contributed by atoms with van der Waals surface area (Å²) in [6, 6.07) is 5.87. The molecule has 0 spiro atoms. The molecule has 0 amide bonds. The van der Waals surface area contributed by atoms with Gasteiger partial charge in [0.15, 0.2) is 0 Å². The summed E-state index contributed by atoms with van der Waals surface area (Å²) in [6.45, 7) is 1.33. The van der Waals surface area contributed by atoms with Crippen molar-refractivity contribution < 1.29 is 9.47 Å². The highest BCUT2D eigenvalue weighted by Crippen LogP contribution is 2.23. The maximum atomic E-state index is 5.34. The molecule has 1 aromatic rings. The molecule has 4 heteroatoms. The van der Waals surface area contributed by atoms with Gasteiger partial charge in [-0.15, -0.1) is 11.8 Å². The van der Waals surface area contributed by atoms with Crippen LogP contribution < -0.4 is 0 Å². The Bertz CT molecular complexity index is 287. The highest BCUT2D eigenvalue weighted by atomic mass is 32.2. The van der Waals surface area contributed by atoms with Gasteiger partial charge in [-0.25, -0.2) is 4.98 Å². The summed E-state index contributed by atoms with van der Waals surface area (Å²) in [7, 11) is 0. The average molecular weight is 197 g/mol. The van der Waals surface area contributed by atoms with E-state index < -0.39 is 0 Å². The number of rotatable bonds is 2. The Balaban J connectivity index is 2.18. The molecule has 1 aliphatic rings. The summed E-state index contributed by atoms with van der Waals surface area (Å²) in [5, 5.41) is 0.997. The molecule has 2 heterocycles. The predicted octanol–water partition coefficient (Wildman–Crippen LogP) is 1.85. The lowest BCUT2D eigenvalue weighted by molar-refractivity contribution is -0.0476. The summed E-state index contributed by atoms with van der Waals surface area (Å²) < 4.78 is 10.7. The average Bonchev–Trinajstić information content (AvgIpc) is 2.71. The van der Waals surface area contributed by atoms with Crippen molar-refractivity contribution >= 4 is 11.8 Å². The van der Waals surface area contributed by atoms with Gasteiger partial charge in [0.2, 0.25) is 6.29 Å². The van der Waals surface area contributed by atoms with Crippen LogP contribution in [0.4, 0.5) is 0 Å². The molecule has 13 heavy (non-hydrogen) atoms. The molecule has 0 N–H and O–H groups in total. The Morgan fingerprint density at radius 2 is 2.15 bits per heavy atom. The lowest BCUT2D eigenvalue weighted by atomic mass is 10.3. The molecule has 0 aliphatic carbocycles. The number of aromatic nitrogens is 1. The second-order valence-corrected chi connectivity index (χ2v) is 3.50. The fourth-order valence-electron chi connectivity index (χ4n) is 1.20. The van der Waals surface area contributed by atoms with E-state index in [4.69, 9.17) is 9.47 Å². The number of hydrogen-bond acceptors (Lipinski definition) is 4. The Hall–Kier alpha value is -0.580. The van der Waals surface area contributed by atoms with Crippen molar-refractivity contribution in [3.05, 3.63) is 23.9 Å². The van der Waals surface area contributed by atoms with E-state index in [0.29, 0.717) is 13.2 Å². The van der Waals surface area contributed by atoms with E-state index in [1.807, 2.05) is 24.5 Å². The van der Waals surface area contributed by atoms with Crippen LogP contribution in [0.3, 0.4) is 0 Å². The third-order valence-corrected chi connectivity index (χ3v) is 2.46. The highest BCUT2D eigenvalue weighted by molar-refractivity contribution is 7.98. The molecule has 0 atom stereocenters. The van der Waals surface area contributed by atoms with Crippen LogP contribution in [0.2, 0.25) is 0 Å². The molecule has 1 aliphatic heterocycles. The molecule has 1 fully saturated rings. The number of hydrogen-bond donors (Lipinski definition) is 0. The molecular weight excluding hydrogens is 186 g/mol. The zero-order valence-corrected chi connectivity index (χ0v) is 8.21. The third-order valence-electron chi connectivity index (χ3n) is 1.82. The zero-order valence-electron chi connectivity index (χ0n) is 7.40. The Kier molecular flexibility index (Phi) is 2.83. The van der Waals surface area contributed by atoms with Gasteiger partial charge < -0.3 is 9.47 Å². The van der Waals surface area contributed by atoms with Crippen LogP contribution in [-0.4, -0.2) is 24.5 Å². The predicted molar refractivity (Wildman–Crippen MR) is 50.7 cm³/mol. The number of pyridine rings is 1.